The maximum Gasteiger partial charge on any atom is 0.229 e. The summed E-state index contributed by atoms with van der Waals surface area (Å²) in [5, 5.41) is 3.39. The number of halogens is 2. The van der Waals surface area contributed by atoms with Crippen LogP contribution in [0.3, 0.4) is 0 Å². The molecule has 0 bridgehead atoms. The van der Waals surface area contributed by atoms with Gasteiger partial charge in [-0.15, -0.1) is 11.3 Å². The van der Waals surface area contributed by atoms with E-state index >= 15 is 0 Å². The Labute approximate surface area is 133 Å². The van der Waals surface area contributed by atoms with Crippen LogP contribution in [0.5, 0.6) is 0 Å². The molecular weight excluding hydrogens is 368 g/mol. The second kappa shape index (κ2) is 6.17. The number of anilines is 1. The first kappa shape index (κ1) is 14.7. The number of hydrogen-bond donors (Lipinski definition) is 2. The number of nitrogens with one attached hydrogen (secondary N) is 2. The van der Waals surface area contributed by atoms with E-state index in [2.05, 4.69) is 26.2 Å². The minimum atomic E-state index is -0.101. The van der Waals surface area contributed by atoms with E-state index in [0.29, 0.717) is 25.6 Å². The molecule has 0 saturated heterocycles. The number of amides is 1. The Morgan fingerprint density at radius 2 is 2.32 bits per heavy atom. The first-order chi connectivity index (χ1) is 8.97. The summed E-state index contributed by atoms with van der Waals surface area (Å²) in [6.45, 7) is 1.91. The van der Waals surface area contributed by atoms with Crippen LogP contribution in [0.15, 0.2) is 22.7 Å². The van der Waals surface area contributed by atoms with Gasteiger partial charge in [-0.05, 0) is 47.2 Å². The lowest BCUT2D eigenvalue weighted by atomic mass is 10.2. The number of thiazole rings is 1. The van der Waals surface area contributed by atoms with Gasteiger partial charge in [0.1, 0.15) is 0 Å². The Morgan fingerprint density at radius 1 is 1.58 bits per heavy atom. The number of hydrogen-bond acceptors (Lipinski definition) is 3. The van der Waals surface area contributed by atoms with Crippen molar-refractivity contribution in [1.82, 2.24) is 4.98 Å². The minimum absolute atomic E-state index is 0.101. The molecule has 1 amide bonds. The zero-order valence-corrected chi connectivity index (χ0v) is 13.9. The van der Waals surface area contributed by atoms with Crippen LogP contribution >= 0.6 is 51.1 Å². The van der Waals surface area contributed by atoms with Gasteiger partial charge in [0.25, 0.3) is 0 Å². The number of aryl methyl sites for hydroxylation is 1. The van der Waals surface area contributed by atoms with E-state index in [1.807, 2.05) is 6.92 Å². The maximum atomic E-state index is 12.0. The lowest BCUT2D eigenvalue weighted by Crippen LogP contribution is -2.14. The first-order valence-corrected chi connectivity index (χ1v) is 7.79. The van der Waals surface area contributed by atoms with Crippen molar-refractivity contribution in [3.63, 3.8) is 0 Å². The van der Waals surface area contributed by atoms with Gasteiger partial charge in [-0.2, -0.15) is 0 Å². The highest BCUT2D eigenvalue weighted by atomic mass is 79.9. The molecule has 2 rings (SSSR count). The summed E-state index contributed by atoms with van der Waals surface area (Å²) in [5.74, 6) is -0.101. The predicted molar refractivity (Wildman–Crippen MR) is 85.7 cm³/mol. The van der Waals surface area contributed by atoms with E-state index in [-0.39, 0.29) is 5.91 Å². The summed E-state index contributed by atoms with van der Waals surface area (Å²) in [7, 11) is 0. The van der Waals surface area contributed by atoms with Crippen LogP contribution in [0.25, 0.3) is 0 Å². The molecule has 1 aromatic heterocycles. The molecule has 3 nitrogen and oxygen atoms in total. The van der Waals surface area contributed by atoms with Crippen molar-refractivity contribution >= 4 is 62.7 Å². The van der Waals surface area contributed by atoms with Gasteiger partial charge in [0.15, 0.2) is 3.95 Å². The number of aromatic amines is 1. The molecule has 0 fully saturated rings. The molecule has 2 aromatic rings. The molecule has 0 aliphatic rings. The maximum absolute atomic E-state index is 12.0. The van der Waals surface area contributed by atoms with Crippen molar-refractivity contribution < 1.29 is 4.79 Å². The average Bonchev–Trinajstić information content (AvgIpc) is 2.64. The van der Waals surface area contributed by atoms with Crippen LogP contribution in [0, 0.1) is 10.9 Å². The van der Waals surface area contributed by atoms with Crippen LogP contribution in [0.2, 0.25) is 5.02 Å². The molecule has 0 radical (unpaired) electrons. The van der Waals surface area contributed by atoms with Crippen molar-refractivity contribution in [3.8, 4) is 0 Å². The SMILES string of the molecule is Cc1[nH]c(=S)sc1CC(=O)Nc1cccc(Cl)c1Br. The van der Waals surface area contributed by atoms with Gasteiger partial charge in [-0.1, -0.05) is 17.7 Å². The molecule has 7 heteroatoms. The van der Waals surface area contributed by atoms with E-state index in [4.69, 9.17) is 23.8 Å². The normalized spacial score (nSPS) is 10.5. The lowest BCUT2D eigenvalue weighted by Gasteiger charge is -2.07. The molecule has 0 aliphatic carbocycles. The van der Waals surface area contributed by atoms with Gasteiger partial charge in [-0.25, -0.2) is 0 Å². The Bertz CT molecular complexity index is 681. The summed E-state index contributed by atoms with van der Waals surface area (Å²) in [6, 6.07) is 5.33. The number of benzene rings is 1. The fourth-order valence-electron chi connectivity index (χ4n) is 1.55. The molecule has 0 aliphatic heterocycles. The van der Waals surface area contributed by atoms with E-state index in [1.54, 1.807) is 18.2 Å². The minimum Gasteiger partial charge on any atom is -0.341 e. The third-order valence-electron chi connectivity index (χ3n) is 2.47. The average molecular weight is 378 g/mol. The summed E-state index contributed by atoms with van der Waals surface area (Å²) in [6.07, 6.45) is 0.294. The van der Waals surface area contributed by atoms with Gasteiger partial charge < -0.3 is 10.3 Å². The Kier molecular flexibility index (Phi) is 4.78. The quantitative estimate of drug-likeness (QED) is 0.761. The Morgan fingerprint density at radius 3 is 2.95 bits per heavy atom. The van der Waals surface area contributed by atoms with Crippen molar-refractivity contribution in [2.45, 2.75) is 13.3 Å². The second-order valence-corrected chi connectivity index (χ2v) is 6.86. The molecule has 2 N–H and O–H groups in total. The number of carbonyl (C=O) groups excluding carboxylic acids is 1. The standard InChI is InChI=1S/C12H10BrClN2OS2/c1-6-9(19-12(18)15-6)5-10(17)16-8-4-2-3-7(14)11(8)13/h2-4H,5H2,1H3,(H,15,18)(H,16,17). The van der Waals surface area contributed by atoms with Crippen LogP contribution in [0.1, 0.15) is 10.6 Å². The highest BCUT2D eigenvalue weighted by Gasteiger charge is 2.11. The highest BCUT2D eigenvalue weighted by Crippen LogP contribution is 2.30. The third-order valence-corrected chi connectivity index (χ3v) is 5.20. The van der Waals surface area contributed by atoms with Crippen molar-refractivity contribution in [3.05, 3.63) is 42.2 Å². The molecule has 0 unspecified atom stereocenters. The van der Waals surface area contributed by atoms with Gasteiger partial charge in [0.05, 0.1) is 21.6 Å². The van der Waals surface area contributed by atoms with Crippen LogP contribution in [0.4, 0.5) is 5.69 Å². The van der Waals surface area contributed by atoms with Gasteiger partial charge in [-0.3, -0.25) is 4.79 Å². The molecule has 0 atom stereocenters. The number of aromatic nitrogens is 1. The van der Waals surface area contributed by atoms with Crippen molar-refractivity contribution in [2.75, 3.05) is 5.32 Å². The first-order valence-electron chi connectivity index (χ1n) is 5.40. The van der Waals surface area contributed by atoms with Crippen LogP contribution in [-0.4, -0.2) is 10.9 Å². The fraction of sp³-hybridized carbons (Fsp3) is 0.167. The summed E-state index contributed by atoms with van der Waals surface area (Å²) in [4.78, 5) is 16.0. The Balaban J connectivity index is 2.12. The molecule has 1 heterocycles. The smallest absolute Gasteiger partial charge is 0.229 e. The van der Waals surface area contributed by atoms with Crippen LogP contribution < -0.4 is 5.32 Å². The van der Waals surface area contributed by atoms with E-state index in [9.17, 15) is 4.79 Å². The second-order valence-electron chi connectivity index (χ2n) is 3.89. The van der Waals surface area contributed by atoms with Gasteiger partial charge >= 0.3 is 0 Å². The topological polar surface area (TPSA) is 44.9 Å². The number of rotatable bonds is 3. The number of H-pyrrole nitrogens is 1. The molecule has 0 spiro atoms. The van der Waals surface area contributed by atoms with E-state index in [1.165, 1.54) is 11.3 Å². The highest BCUT2D eigenvalue weighted by molar-refractivity contribution is 9.10. The molecule has 19 heavy (non-hydrogen) atoms. The van der Waals surface area contributed by atoms with Crippen molar-refractivity contribution in [1.29, 1.82) is 0 Å². The largest absolute Gasteiger partial charge is 0.341 e. The summed E-state index contributed by atoms with van der Waals surface area (Å²) in [5.41, 5.74) is 1.60. The summed E-state index contributed by atoms with van der Waals surface area (Å²) < 4.78 is 1.37. The van der Waals surface area contributed by atoms with Crippen LogP contribution in [-0.2, 0) is 11.2 Å². The monoisotopic (exact) mass is 376 g/mol. The summed E-state index contributed by atoms with van der Waals surface area (Å²) >= 11 is 15.8. The molecular formula is C12H10BrClN2OS2. The van der Waals surface area contributed by atoms with Gasteiger partial charge in [0, 0.05) is 10.6 Å². The van der Waals surface area contributed by atoms with E-state index < -0.39 is 0 Å². The van der Waals surface area contributed by atoms with E-state index in [0.717, 1.165) is 10.6 Å². The lowest BCUT2D eigenvalue weighted by molar-refractivity contribution is -0.115. The third kappa shape index (κ3) is 3.66. The Hall–Kier alpha value is -0.690. The molecule has 100 valence electrons. The van der Waals surface area contributed by atoms with Crippen molar-refractivity contribution in [2.24, 2.45) is 0 Å². The van der Waals surface area contributed by atoms with Gasteiger partial charge in [0.2, 0.25) is 5.91 Å². The molecule has 1 aromatic carbocycles. The number of carbonyl (C=O) groups is 1. The zero-order valence-electron chi connectivity index (χ0n) is 9.92. The zero-order chi connectivity index (χ0) is 14.0. The molecule has 0 saturated carbocycles. The fourth-order valence-corrected chi connectivity index (χ4v) is 3.37. The predicted octanol–water partition coefficient (Wildman–Crippen LogP) is 4.71.